The fraction of sp³-hybridized carbons (Fsp3) is 0.368. The summed E-state index contributed by atoms with van der Waals surface area (Å²) in [5.74, 6) is 1.09. The number of benzene rings is 1. The van der Waals surface area contributed by atoms with Crippen molar-refractivity contribution in [3.8, 4) is 10.4 Å². The third kappa shape index (κ3) is 2.83. The van der Waals surface area contributed by atoms with Crippen LogP contribution in [0.5, 0.6) is 0 Å². The van der Waals surface area contributed by atoms with Crippen molar-refractivity contribution in [2.45, 2.75) is 38.1 Å². The average Bonchev–Trinajstić information content (AvgIpc) is 3.07. The Morgan fingerprint density at radius 1 is 1.04 bits per heavy atom. The van der Waals surface area contributed by atoms with E-state index in [2.05, 4.69) is 58.3 Å². The Morgan fingerprint density at radius 2 is 1.83 bits per heavy atom. The molecule has 0 unspecified atom stereocenters. The van der Waals surface area contributed by atoms with Crippen molar-refractivity contribution in [3.63, 3.8) is 0 Å². The molecule has 118 valence electrons. The van der Waals surface area contributed by atoms with Gasteiger partial charge in [0.25, 0.3) is 0 Å². The van der Waals surface area contributed by atoms with Crippen LogP contribution in [0.2, 0.25) is 0 Å². The van der Waals surface area contributed by atoms with Gasteiger partial charge in [-0.1, -0.05) is 49.6 Å². The van der Waals surface area contributed by atoms with Crippen molar-refractivity contribution < 1.29 is 0 Å². The summed E-state index contributed by atoms with van der Waals surface area (Å²) in [6.45, 7) is 0. The highest BCUT2D eigenvalue weighted by molar-refractivity contribution is 7.22. The van der Waals surface area contributed by atoms with Crippen LogP contribution >= 0.6 is 11.3 Å². The van der Waals surface area contributed by atoms with Crippen LogP contribution < -0.4 is 4.90 Å². The second-order valence-electron chi connectivity index (χ2n) is 6.29. The minimum atomic E-state index is 0.615. The first-order valence-electron chi connectivity index (χ1n) is 8.36. The van der Waals surface area contributed by atoms with E-state index >= 15 is 0 Å². The summed E-state index contributed by atoms with van der Waals surface area (Å²) in [7, 11) is 2.19. The Balaban J connectivity index is 1.74. The number of hydrogen-bond acceptors (Lipinski definition) is 4. The van der Waals surface area contributed by atoms with Gasteiger partial charge >= 0.3 is 0 Å². The molecule has 4 heteroatoms. The van der Waals surface area contributed by atoms with Crippen LogP contribution in [0.25, 0.3) is 20.7 Å². The van der Waals surface area contributed by atoms with E-state index in [1.54, 1.807) is 17.7 Å². The molecule has 0 radical (unpaired) electrons. The highest BCUT2D eigenvalue weighted by atomic mass is 32.1. The quantitative estimate of drug-likeness (QED) is 0.669. The molecule has 0 saturated heterocycles. The van der Waals surface area contributed by atoms with E-state index in [9.17, 15) is 0 Å². The maximum absolute atomic E-state index is 4.61. The van der Waals surface area contributed by atoms with Gasteiger partial charge in [-0.25, -0.2) is 9.97 Å². The SMILES string of the molecule is CN(c1ncnc2cc(-c3ccccc3)sc12)C1CCCCC1. The molecule has 1 aliphatic carbocycles. The zero-order chi connectivity index (χ0) is 15.6. The maximum atomic E-state index is 4.61. The molecule has 1 fully saturated rings. The van der Waals surface area contributed by atoms with E-state index in [0.717, 1.165) is 11.3 Å². The molecule has 2 aromatic heterocycles. The second-order valence-corrected chi connectivity index (χ2v) is 7.34. The first-order valence-corrected chi connectivity index (χ1v) is 9.17. The lowest BCUT2D eigenvalue weighted by molar-refractivity contribution is 0.426. The Hall–Kier alpha value is -1.94. The van der Waals surface area contributed by atoms with Crippen LogP contribution in [0.15, 0.2) is 42.7 Å². The lowest BCUT2D eigenvalue weighted by atomic mass is 9.94. The van der Waals surface area contributed by atoms with Crippen LogP contribution in [-0.2, 0) is 0 Å². The van der Waals surface area contributed by atoms with Gasteiger partial charge < -0.3 is 4.90 Å². The van der Waals surface area contributed by atoms with Gasteiger partial charge in [0.2, 0.25) is 0 Å². The van der Waals surface area contributed by atoms with Crippen molar-refractivity contribution in [2.75, 3.05) is 11.9 Å². The molecule has 0 bridgehead atoms. The highest BCUT2D eigenvalue weighted by Crippen LogP contribution is 2.37. The molecule has 1 saturated carbocycles. The predicted molar refractivity (Wildman–Crippen MR) is 98.1 cm³/mol. The fourth-order valence-electron chi connectivity index (χ4n) is 3.48. The highest BCUT2D eigenvalue weighted by Gasteiger charge is 2.22. The van der Waals surface area contributed by atoms with Gasteiger partial charge in [-0.05, 0) is 24.5 Å². The lowest BCUT2D eigenvalue weighted by Crippen LogP contribution is -2.33. The van der Waals surface area contributed by atoms with E-state index in [1.807, 2.05) is 0 Å². The molecule has 1 aliphatic rings. The molecule has 4 rings (SSSR count). The fourth-order valence-corrected chi connectivity index (χ4v) is 4.63. The van der Waals surface area contributed by atoms with E-state index in [4.69, 9.17) is 0 Å². The van der Waals surface area contributed by atoms with Gasteiger partial charge in [-0.2, -0.15) is 0 Å². The van der Waals surface area contributed by atoms with Gasteiger partial charge in [0.1, 0.15) is 12.1 Å². The Bertz CT molecular complexity index is 791. The minimum absolute atomic E-state index is 0.615. The van der Waals surface area contributed by atoms with Crippen molar-refractivity contribution in [1.82, 2.24) is 9.97 Å². The molecular formula is C19H21N3S. The molecule has 0 atom stereocenters. The summed E-state index contributed by atoms with van der Waals surface area (Å²) in [4.78, 5) is 12.7. The Kier molecular flexibility index (Phi) is 4.00. The zero-order valence-corrected chi connectivity index (χ0v) is 14.2. The molecule has 0 amide bonds. The molecule has 0 N–H and O–H groups in total. The van der Waals surface area contributed by atoms with Crippen molar-refractivity contribution >= 4 is 27.4 Å². The Morgan fingerprint density at radius 3 is 2.61 bits per heavy atom. The summed E-state index contributed by atoms with van der Waals surface area (Å²) in [5.41, 5.74) is 2.31. The summed E-state index contributed by atoms with van der Waals surface area (Å²) in [5, 5.41) is 0. The van der Waals surface area contributed by atoms with E-state index in [0.29, 0.717) is 6.04 Å². The van der Waals surface area contributed by atoms with E-state index < -0.39 is 0 Å². The van der Waals surface area contributed by atoms with Crippen LogP contribution in [0.1, 0.15) is 32.1 Å². The smallest absolute Gasteiger partial charge is 0.150 e. The number of hydrogen-bond donors (Lipinski definition) is 0. The predicted octanol–water partition coefficient (Wildman–Crippen LogP) is 5.13. The van der Waals surface area contributed by atoms with Crippen molar-refractivity contribution in [2.24, 2.45) is 0 Å². The van der Waals surface area contributed by atoms with Crippen LogP contribution in [-0.4, -0.2) is 23.1 Å². The first-order chi connectivity index (χ1) is 11.3. The van der Waals surface area contributed by atoms with Gasteiger partial charge in [-0.3, -0.25) is 0 Å². The molecule has 2 heterocycles. The lowest BCUT2D eigenvalue weighted by Gasteiger charge is -2.32. The van der Waals surface area contributed by atoms with E-state index in [-0.39, 0.29) is 0 Å². The number of aromatic nitrogens is 2. The number of nitrogens with zero attached hydrogens (tertiary/aromatic N) is 3. The molecule has 3 nitrogen and oxygen atoms in total. The molecule has 1 aromatic carbocycles. The summed E-state index contributed by atoms with van der Waals surface area (Å²) in [6.07, 6.45) is 8.31. The number of rotatable bonds is 3. The summed E-state index contributed by atoms with van der Waals surface area (Å²) < 4.78 is 1.21. The summed E-state index contributed by atoms with van der Waals surface area (Å²) >= 11 is 1.80. The normalized spacial score (nSPS) is 15.9. The topological polar surface area (TPSA) is 29.0 Å². The Labute approximate surface area is 141 Å². The van der Waals surface area contributed by atoms with Crippen LogP contribution in [0.3, 0.4) is 0 Å². The van der Waals surface area contributed by atoms with Gasteiger partial charge in [0.05, 0.1) is 10.2 Å². The molecule has 3 aromatic rings. The molecular weight excluding hydrogens is 302 g/mol. The van der Waals surface area contributed by atoms with Gasteiger partial charge in [0, 0.05) is 18.0 Å². The first kappa shape index (κ1) is 14.6. The van der Waals surface area contributed by atoms with Crippen LogP contribution in [0.4, 0.5) is 5.82 Å². The van der Waals surface area contributed by atoms with Crippen molar-refractivity contribution in [3.05, 3.63) is 42.7 Å². The third-order valence-electron chi connectivity index (χ3n) is 4.81. The maximum Gasteiger partial charge on any atom is 0.150 e. The number of anilines is 1. The second kappa shape index (κ2) is 6.28. The van der Waals surface area contributed by atoms with Crippen LogP contribution in [0, 0.1) is 0 Å². The largest absolute Gasteiger partial charge is 0.355 e. The molecule has 23 heavy (non-hydrogen) atoms. The van der Waals surface area contributed by atoms with Gasteiger partial charge in [-0.15, -0.1) is 11.3 Å². The minimum Gasteiger partial charge on any atom is -0.355 e. The van der Waals surface area contributed by atoms with Gasteiger partial charge in [0.15, 0.2) is 0 Å². The molecule has 0 aliphatic heterocycles. The monoisotopic (exact) mass is 323 g/mol. The average molecular weight is 323 g/mol. The van der Waals surface area contributed by atoms with Crippen molar-refractivity contribution in [1.29, 1.82) is 0 Å². The standard InChI is InChI=1S/C19H21N3S/c1-22(15-10-6-3-7-11-15)19-18-16(20-13-21-19)12-17(23-18)14-8-4-2-5-9-14/h2,4-5,8-9,12-13,15H,3,6-7,10-11H2,1H3. The molecule has 0 spiro atoms. The third-order valence-corrected chi connectivity index (χ3v) is 5.98. The van der Waals surface area contributed by atoms with E-state index in [1.165, 1.54) is 47.2 Å². The zero-order valence-electron chi connectivity index (χ0n) is 13.4. The summed E-state index contributed by atoms with van der Waals surface area (Å²) in [6, 6.07) is 13.3. The number of fused-ring (bicyclic) bond motifs is 1. The number of thiophene rings is 1.